The molecule has 19 heavy (non-hydrogen) atoms. The Morgan fingerprint density at radius 3 is 2.37 bits per heavy atom. The Morgan fingerprint density at radius 2 is 1.74 bits per heavy atom. The second-order valence-corrected chi connectivity index (χ2v) is 3.93. The van der Waals surface area contributed by atoms with Gasteiger partial charge in [0.1, 0.15) is 5.75 Å². The monoisotopic (exact) mass is 257 g/mol. The van der Waals surface area contributed by atoms with Crippen molar-refractivity contribution in [3.05, 3.63) is 54.1 Å². The molecule has 0 saturated heterocycles. The number of esters is 1. The Bertz CT molecular complexity index is 564. The first-order chi connectivity index (χ1) is 9.22. The summed E-state index contributed by atoms with van der Waals surface area (Å²) in [5.41, 5.74) is 2.26. The van der Waals surface area contributed by atoms with Gasteiger partial charge in [0.05, 0.1) is 19.8 Å². The standard InChI is InChI=1S/C15H15NO3/c1-18-14-8-6-12(7-9-14)16-13-5-3-4-11(10-13)15(17)19-2/h3-10,16H,1-2H3. The molecule has 0 aliphatic rings. The van der Waals surface area contributed by atoms with E-state index in [-0.39, 0.29) is 5.97 Å². The Hall–Kier alpha value is -2.49. The molecular formula is C15H15NO3. The summed E-state index contributed by atoms with van der Waals surface area (Å²) in [7, 11) is 2.99. The zero-order valence-corrected chi connectivity index (χ0v) is 10.8. The number of anilines is 2. The quantitative estimate of drug-likeness (QED) is 0.854. The van der Waals surface area contributed by atoms with E-state index in [1.807, 2.05) is 30.3 Å². The zero-order chi connectivity index (χ0) is 13.7. The van der Waals surface area contributed by atoms with Crippen molar-refractivity contribution in [1.29, 1.82) is 0 Å². The third-order valence-electron chi connectivity index (χ3n) is 2.66. The van der Waals surface area contributed by atoms with Crippen molar-refractivity contribution in [3.63, 3.8) is 0 Å². The lowest BCUT2D eigenvalue weighted by atomic mass is 10.2. The normalized spacial score (nSPS) is 9.79. The highest BCUT2D eigenvalue weighted by molar-refractivity contribution is 5.90. The van der Waals surface area contributed by atoms with Crippen molar-refractivity contribution < 1.29 is 14.3 Å². The van der Waals surface area contributed by atoms with E-state index in [2.05, 4.69) is 10.1 Å². The van der Waals surface area contributed by atoms with E-state index in [1.165, 1.54) is 7.11 Å². The molecular weight excluding hydrogens is 242 g/mol. The molecule has 0 amide bonds. The number of nitrogens with one attached hydrogen (secondary N) is 1. The van der Waals surface area contributed by atoms with Crippen LogP contribution in [-0.2, 0) is 4.74 Å². The van der Waals surface area contributed by atoms with Crippen molar-refractivity contribution >= 4 is 17.3 Å². The minimum Gasteiger partial charge on any atom is -0.497 e. The highest BCUT2D eigenvalue weighted by Gasteiger charge is 2.05. The van der Waals surface area contributed by atoms with Crippen molar-refractivity contribution in [3.8, 4) is 5.75 Å². The van der Waals surface area contributed by atoms with Crippen LogP contribution in [0.15, 0.2) is 48.5 Å². The van der Waals surface area contributed by atoms with Crippen LogP contribution in [0.3, 0.4) is 0 Å². The molecule has 0 fully saturated rings. The number of rotatable bonds is 4. The predicted octanol–water partition coefficient (Wildman–Crippen LogP) is 3.23. The number of hydrogen-bond acceptors (Lipinski definition) is 4. The van der Waals surface area contributed by atoms with Crippen LogP contribution in [0, 0.1) is 0 Å². The van der Waals surface area contributed by atoms with E-state index >= 15 is 0 Å². The van der Waals surface area contributed by atoms with E-state index in [9.17, 15) is 4.79 Å². The van der Waals surface area contributed by atoms with Gasteiger partial charge in [-0.05, 0) is 42.5 Å². The van der Waals surface area contributed by atoms with E-state index in [0.29, 0.717) is 5.56 Å². The van der Waals surface area contributed by atoms with Crippen LogP contribution >= 0.6 is 0 Å². The maximum atomic E-state index is 11.4. The van der Waals surface area contributed by atoms with Gasteiger partial charge in [-0.1, -0.05) is 6.07 Å². The van der Waals surface area contributed by atoms with Crippen LogP contribution in [0.2, 0.25) is 0 Å². The number of carbonyl (C=O) groups excluding carboxylic acids is 1. The minimum atomic E-state index is -0.349. The largest absolute Gasteiger partial charge is 0.497 e. The summed E-state index contributed by atoms with van der Waals surface area (Å²) in [5, 5.41) is 3.21. The number of ether oxygens (including phenoxy) is 2. The highest BCUT2D eigenvalue weighted by atomic mass is 16.5. The van der Waals surface area contributed by atoms with E-state index < -0.39 is 0 Å². The molecule has 98 valence electrons. The minimum absolute atomic E-state index is 0.349. The summed E-state index contributed by atoms with van der Waals surface area (Å²) in [5.74, 6) is 0.451. The number of carbonyl (C=O) groups is 1. The predicted molar refractivity (Wildman–Crippen MR) is 74.1 cm³/mol. The van der Waals surface area contributed by atoms with Crippen LogP contribution in [-0.4, -0.2) is 20.2 Å². The topological polar surface area (TPSA) is 47.6 Å². The molecule has 0 saturated carbocycles. The first-order valence-electron chi connectivity index (χ1n) is 5.82. The third kappa shape index (κ3) is 3.25. The Balaban J connectivity index is 2.16. The van der Waals surface area contributed by atoms with Gasteiger partial charge in [-0.3, -0.25) is 0 Å². The van der Waals surface area contributed by atoms with Gasteiger partial charge in [-0.15, -0.1) is 0 Å². The Labute approximate surface area is 112 Å². The van der Waals surface area contributed by atoms with Gasteiger partial charge in [0, 0.05) is 11.4 Å². The average molecular weight is 257 g/mol. The molecule has 2 aromatic rings. The fourth-order valence-electron chi connectivity index (χ4n) is 1.68. The lowest BCUT2D eigenvalue weighted by Gasteiger charge is -2.08. The summed E-state index contributed by atoms with van der Waals surface area (Å²) >= 11 is 0. The highest BCUT2D eigenvalue weighted by Crippen LogP contribution is 2.20. The van der Waals surface area contributed by atoms with Crippen molar-refractivity contribution in [2.75, 3.05) is 19.5 Å². The van der Waals surface area contributed by atoms with Crippen molar-refractivity contribution in [2.24, 2.45) is 0 Å². The SMILES string of the molecule is COC(=O)c1cccc(Nc2ccc(OC)cc2)c1. The molecule has 0 aliphatic heterocycles. The average Bonchev–Trinajstić information content (AvgIpc) is 2.47. The van der Waals surface area contributed by atoms with Crippen LogP contribution in [0.25, 0.3) is 0 Å². The molecule has 0 aliphatic carbocycles. The molecule has 0 spiro atoms. The van der Waals surface area contributed by atoms with Gasteiger partial charge in [-0.25, -0.2) is 4.79 Å². The Morgan fingerprint density at radius 1 is 1.00 bits per heavy atom. The lowest BCUT2D eigenvalue weighted by Crippen LogP contribution is -2.01. The first-order valence-corrected chi connectivity index (χ1v) is 5.82. The van der Waals surface area contributed by atoms with Crippen molar-refractivity contribution in [1.82, 2.24) is 0 Å². The fourth-order valence-corrected chi connectivity index (χ4v) is 1.68. The van der Waals surface area contributed by atoms with Crippen molar-refractivity contribution in [2.45, 2.75) is 0 Å². The first kappa shape index (κ1) is 13.0. The molecule has 0 unspecified atom stereocenters. The summed E-state index contributed by atoms with van der Waals surface area (Å²) in [6, 6.07) is 14.7. The molecule has 1 N–H and O–H groups in total. The van der Waals surface area contributed by atoms with Gasteiger partial charge in [0.2, 0.25) is 0 Å². The maximum absolute atomic E-state index is 11.4. The van der Waals surface area contributed by atoms with Gasteiger partial charge in [0.25, 0.3) is 0 Å². The molecule has 0 radical (unpaired) electrons. The molecule has 2 rings (SSSR count). The van der Waals surface area contributed by atoms with E-state index in [1.54, 1.807) is 25.3 Å². The number of hydrogen-bond donors (Lipinski definition) is 1. The van der Waals surface area contributed by atoms with Crippen LogP contribution in [0.1, 0.15) is 10.4 Å². The smallest absolute Gasteiger partial charge is 0.337 e. The second-order valence-electron chi connectivity index (χ2n) is 3.93. The lowest BCUT2D eigenvalue weighted by molar-refractivity contribution is 0.0601. The third-order valence-corrected chi connectivity index (χ3v) is 2.66. The van der Waals surface area contributed by atoms with Gasteiger partial charge >= 0.3 is 5.97 Å². The molecule has 0 atom stereocenters. The van der Waals surface area contributed by atoms with Crippen LogP contribution in [0.5, 0.6) is 5.75 Å². The second kappa shape index (κ2) is 5.91. The van der Waals surface area contributed by atoms with Gasteiger partial charge in [0.15, 0.2) is 0 Å². The molecule has 4 heteroatoms. The molecule has 2 aromatic carbocycles. The summed E-state index contributed by atoms with van der Waals surface area (Å²) in [4.78, 5) is 11.4. The summed E-state index contributed by atoms with van der Waals surface area (Å²) < 4.78 is 9.78. The fraction of sp³-hybridized carbons (Fsp3) is 0.133. The van der Waals surface area contributed by atoms with Gasteiger partial charge < -0.3 is 14.8 Å². The van der Waals surface area contributed by atoms with Crippen LogP contribution in [0.4, 0.5) is 11.4 Å². The van der Waals surface area contributed by atoms with E-state index in [0.717, 1.165) is 17.1 Å². The zero-order valence-electron chi connectivity index (χ0n) is 10.8. The Kier molecular flexibility index (Phi) is 4.03. The number of benzene rings is 2. The van der Waals surface area contributed by atoms with Gasteiger partial charge in [-0.2, -0.15) is 0 Å². The summed E-state index contributed by atoms with van der Waals surface area (Å²) in [6.07, 6.45) is 0. The molecule has 0 aromatic heterocycles. The maximum Gasteiger partial charge on any atom is 0.337 e. The molecule has 4 nitrogen and oxygen atoms in total. The molecule has 0 bridgehead atoms. The van der Waals surface area contributed by atoms with E-state index in [4.69, 9.17) is 4.74 Å². The molecule has 0 heterocycles. The number of methoxy groups -OCH3 is 2. The summed E-state index contributed by atoms with van der Waals surface area (Å²) in [6.45, 7) is 0. The van der Waals surface area contributed by atoms with Crippen LogP contribution < -0.4 is 10.1 Å².